The summed E-state index contributed by atoms with van der Waals surface area (Å²) in [7, 11) is 3.12. The van der Waals surface area contributed by atoms with E-state index >= 15 is 0 Å². The quantitative estimate of drug-likeness (QED) is 0.627. The number of nitrogens with one attached hydrogen (secondary N) is 2. The minimum Gasteiger partial charge on any atom is -0.493 e. The third kappa shape index (κ3) is 4.21. The first-order valence-corrected chi connectivity index (χ1v) is 10.0. The summed E-state index contributed by atoms with van der Waals surface area (Å²) in [5.41, 5.74) is 2.49. The van der Waals surface area contributed by atoms with Crippen LogP contribution in [0.3, 0.4) is 0 Å². The molecule has 0 spiro atoms. The molecule has 2 aromatic carbocycles. The van der Waals surface area contributed by atoms with E-state index in [-0.39, 0.29) is 11.9 Å². The molecule has 0 aliphatic carbocycles. The molecule has 0 bridgehead atoms. The fourth-order valence-electron chi connectivity index (χ4n) is 3.58. The van der Waals surface area contributed by atoms with Crippen LogP contribution in [-0.4, -0.2) is 49.5 Å². The molecule has 0 radical (unpaired) electrons. The maximum Gasteiger partial charge on any atom is 0.251 e. The van der Waals surface area contributed by atoms with Crippen LogP contribution in [0.2, 0.25) is 5.02 Å². The van der Waals surface area contributed by atoms with Crippen LogP contribution in [0.1, 0.15) is 16.8 Å². The Balaban J connectivity index is 1.39. The van der Waals surface area contributed by atoms with Crippen molar-refractivity contribution in [2.45, 2.75) is 12.5 Å². The van der Waals surface area contributed by atoms with Crippen molar-refractivity contribution in [3.8, 4) is 22.8 Å². The molecule has 1 fully saturated rings. The van der Waals surface area contributed by atoms with Crippen molar-refractivity contribution in [1.82, 2.24) is 15.5 Å². The lowest BCUT2D eigenvalue weighted by Gasteiger charge is -2.16. The lowest BCUT2D eigenvalue weighted by atomic mass is 10.1. The van der Waals surface area contributed by atoms with Crippen LogP contribution < -0.4 is 19.7 Å². The van der Waals surface area contributed by atoms with Gasteiger partial charge in [-0.05, 0) is 42.3 Å². The molecule has 0 unspecified atom stereocenters. The Hall–Kier alpha value is -3.19. The molecule has 0 saturated carbocycles. The monoisotopic (exact) mass is 426 g/mol. The number of halogens is 1. The SMILES string of the molecule is COc1ccc(C(=O)N[C@@H]2CCN(c3cc(-c4ccc(Cl)cc4)[nH]n3)C2)cc1OC. The van der Waals surface area contributed by atoms with Gasteiger partial charge in [0.2, 0.25) is 0 Å². The molecular weight excluding hydrogens is 404 g/mol. The summed E-state index contributed by atoms with van der Waals surface area (Å²) in [4.78, 5) is 14.8. The van der Waals surface area contributed by atoms with E-state index in [0.29, 0.717) is 28.6 Å². The van der Waals surface area contributed by atoms with Crippen LogP contribution in [0.4, 0.5) is 5.82 Å². The van der Waals surface area contributed by atoms with Gasteiger partial charge in [0.1, 0.15) is 0 Å². The molecule has 4 rings (SSSR count). The number of amides is 1. The summed E-state index contributed by atoms with van der Waals surface area (Å²) < 4.78 is 10.5. The highest BCUT2D eigenvalue weighted by atomic mass is 35.5. The maximum absolute atomic E-state index is 12.7. The summed E-state index contributed by atoms with van der Waals surface area (Å²) in [6.07, 6.45) is 0.849. The molecule has 1 amide bonds. The molecule has 1 aliphatic heterocycles. The van der Waals surface area contributed by atoms with Gasteiger partial charge in [0.05, 0.1) is 19.9 Å². The lowest BCUT2D eigenvalue weighted by molar-refractivity contribution is 0.0940. The Labute approximate surface area is 179 Å². The number of ether oxygens (including phenoxy) is 2. The van der Waals surface area contributed by atoms with Crippen molar-refractivity contribution >= 4 is 23.3 Å². The molecule has 7 nitrogen and oxygen atoms in total. The van der Waals surface area contributed by atoms with E-state index in [1.54, 1.807) is 32.4 Å². The van der Waals surface area contributed by atoms with Gasteiger partial charge in [-0.15, -0.1) is 0 Å². The van der Waals surface area contributed by atoms with Gasteiger partial charge in [-0.1, -0.05) is 23.7 Å². The summed E-state index contributed by atoms with van der Waals surface area (Å²) in [5.74, 6) is 1.86. The smallest absolute Gasteiger partial charge is 0.251 e. The molecule has 30 heavy (non-hydrogen) atoms. The summed E-state index contributed by atoms with van der Waals surface area (Å²) in [5, 5.41) is 11.3. The predicted octanol–water partition coefficient (Wildman–Crippen LogP) is 3.76. The minimum absolute atomic E-state index is 0.0429. The molecule has 1 atom stereocenters. The highest BCUT2D eigenvalue weighted by molar-refractivity contribution is 6.30. The van der Waals surface area contributed by atoms with Gasteiger partial charge in [-0.25, -0.2) is 0 Å². The third-order valence-electron chi connectivity index (χ3n) is 5.21. The van der Waals surface area contributed by atoms with E-state index in [9.17, 15) is 4.79 Å². The van der Waals surface area contributed by atoms with Crippen molar-refractivity contribution < 1.29 is 14.3 Å². The fraction of sp³-hybridized carbons (Fsp3) is 0.273. The normalized spacial score (nSPS) is 15.8. The van der Waals surface area contributed by atoms with Gasteiger partial charge in [-0.3, -0.25) is 9.89 Å². The average Bonchev–Trinajstić information content (AvgIpc) is 3.43. The molecule has 3 aromatic rings. The number of benzene rings is 2. The van der Waals surface area contributed by atoms with Crippen LogP contribution in [0.5, 0.6) is 11.5 Å². The van der Waals surface area contributed by atoms with Crippen molar-refractivity contribution in [3.63, 3.8) is 0 Å². The summed E-state index contributed by atoms with van der Waals surface area (Å²) >= 11 is 5.96. The van der Waals surface area contributed by atoms with Crippen LogP contribution in [0, 0.1) is 0 Å². The van der Waals surface area contributed by atoms with Crippen molar-refractivity contribution in [2.24, 2.45) is 0 Å². The first-order valence-electron chi connectivity index (χ1n) is 9.66. The number of rotatable bonds is 6. The van der Waals surface area contributed by atoms with E-state index in [1.165, 1.54) is 0 Å². The average molecular weight is 427 g/mol. The number of aromatic amines is 1. The molecule has 2 N–H and O–H groups in total. The van der Waals surface area contributed by atoms with Gasteiger partial charge in [0, 0.05) is 35.8 Å². The zero-order valence-corrected chi connectivity index (χ0v) is 17.6. The number of anilines is 1. The number of carbonyl (C=O) groups is 1. The Morgan fingerprint density at radius 3 is 2.63 bits per heavy atom. The molecule has 2 heterocycles. The van der Waals surface area contributed by atoms with E-state index < -0.39 is 0 Å². The Morgan fingerprint density at radius 1 is 1.13 bits per heavy atom. The zero-order chi connectivity index (χ0) is 21.1. The second-order valence-electron chi connectivity index (χ2n) is 7.12. The Morgan fingerprint density at radius 2 is 1.90 bits per heavy atom. The van der Waals surface area contributed by atoms with Gasteiger partial charge in [-0.2, -0.15) is 5.10 Å². The topological polar surface area (TPSA) is 79.5 Å². The van der Waals surface area contributed by atoms with Gasteiger partial charge < -0.3 is 19.7 Å². The van der Waals surface area contributed by atoms with Gasteiger partial charge in [0.25, 0.3) is 5.91 Å². The van der Waals surface area contributed by atoms with Crippen molar-refractivity contribution in [3.05, 3.63) is 59.1 Å². The highest BCUT2D eigenvalue weighted by Crippen LogP contribution is 2.28. The molecule has 156 valence electrons. The highest BCUT2D eigenvalue weighted by Gasteiger charge is 2.26. The van der Waals surface area contributed by atoms with Gasteiger partial charge in [0.15, 0.2) is 17.3 Å². The number of H-pyrrole nitrogens is 1. The lowest BCUT2D eigenvalue weighted by Crippen LogP contribution is -2.37. The number of carbonyl (C=O) groups excluding carboxylic acids is 1. The molecule has 1 saturated heterocycles. The van der Waals surface area contributed by atoms with E-state index in [0.717, 1.165) is 30.0 Å². The Bertz CT molecular complexity index is 1040. The van der Waals surface area contributed by atoms with Crippen LogP contribution in [0.15, 0.2) is 48.5 Å². The van der Waals surface area contributed by atoms with Crippen molar-refractivity contribution in [2.75, 3.05) is 32.2 Å². The number of nitrogens with zero attached hydrogens (tertiary/aromatic N) is 2. The maximum atomic E-state index is 12.7. The second-order valence-corrected chi connectivity index (χ2v) is 7.56. The van der Waals surface area contributed by atoms with E-state index in [1.807, 2.05) is 30.3 Å². The number of methoxy groups -OCH3 is 2. The molecule has 1 aliphatic rings. The van der Waals surface area contributed by atoms with Gasteiger partial charge >= 0.3 is 0 Å². The second kappa shape index (κ2) is 8.67. The van der Waals surface area contributed by atoms with Crippen LogP contribution >= 0.6 is 11.6 Å². The third-order valence-corrected chi connectivity index (χ3v) is 5.46. The minimum atomic E-state index is -0.133. The largest absolute Gasteiger partial charge is 0.493 e. The van der Waals surface area contributed by atoms with Crippen molar-refractivity contribution in [1.29, 1.82) is 0 Å². The zero-order valence-electron chi connectivity index (χ0n) is 16.8. The summed E-state index contributed by atoms with van der Waals surface area (Å²) in [6, 6.07) is 14.8. The van der Waals surface area contributed by atoms with E-state index in [4.69, 9.17) is 21.1 Å². The predicted molar refractivity (Wildman–Crippen MR) is 117 cm³/mol. The van der Waals surface area contributed by atoms with E-state index in [2.05, 4.69) is 20.4 Å². The first kappa shape index (κ1) is 20.1. The van der Waals surface area contributed by atoms with Crippen LogP contribution in [0.25, 0.3) is 11.3 Å². The molecular formula is C22H23ClN4O3. The fourth-order valence-corrected chi connectivity index (χ4v) is 3.71. The molecule has 1 aromatic heterocycles. The Kier molecular flexibility index (Phi) is 5.81. The first-order chi connectivity index (χ1) is 14.6. The standard InChI is InChI=1S/C22H23ClN4O3/c1-29-19-8-5-15(11-20(19)30-2)22(28)24-17-9-10-27(13-17)21-12-18(25-26-21)14-3-6-16(23)7-4-14/h3-8,11-12,17H,9-10,13H2,1-2H3,(H,24,28)(H,25,26)/t17-/m1/s1. The summed E-state index contributed by atoms with van der Waals surface area (Å²) in [6.45, 7) is 1.52. The molecule has 8 heteroatoms. The number of aromatic nitrogens is 2. The number of hydrogen-bond acceptors (Lipinski definition) is 5. The number of hydrogen-bond donors (Lipinski definition) is 2. The van der Waals surface area contributed by atoms with Crippen LogP contribution in [-0.2, 0) is 0 Å².